The molecule has 1 N–H and O–H groups in total. The molecule has 1 unspecified atom stereocenters. The number of nitrogens with one attached hydrogen (secondary N) is 1. The zero-order valence-corrected chi connectivity index (χ0v) is 13.7. The lowest BCUT2D eigenvalue weighted by atomic mass is 10.2. The molecule has 0 aromatic carbocycles. The van der Waals surface area contributed by atoms with Gasteiger partial charge in [-0.05, 0) is 50.8 Å². The Morgan fingerprint density at radius 2 is 2.12 bits per heavy atom. The first-order valence-corrected chi connectivity index (χ1v) is 8.21. The fraction of sp³-hybridized carbons (Fsp3) is 0.333. The van der Waals surface area contributed by atoms with E-state index in [9.17, 15) is 4.79 Å². The first kappa shape index (κ1) is 14.8. The zero-order valence-electron chi connectivity index (χ0n) is 13.7. The molecule has 4 rings (SSSR count). The lowest BCUT2D eigenvalue weighted by Crippen LogP contribution is -2.34. The molecule has 122 valence electrons. The van der Waals surface area contributed by atoms with Gasteiger partial charge in [0.2, 0.25) is 0 Å². The van der Waals surface area contributed by atoms with Crippen LogP contribution in [0.3, 0.4) is 0 Å². The minimum absolute atomic E-state index is 0.0815. The van der Waals surface area contributed by atoms with Gasteiger partial charge in [-0.15, -0.1) is 0 Å². The number of carbonyl (C=O) groups excluding carboxylic acids is 1. The fourth-order valence-electron chi connectivity index (χ4n) is 2.92. The molecule has 1 atom stereocenters. The SMILES string of the molecule is Cc1nc(-c2ccccn2)nc2c(C(=O)NC(C)C3CC3)ccn12. The Labute approximate surface area is 140 Å². The second-order valence-electron chi connectivity index (χ2n) is 6.33. The van der Waals surface area contributed by atoms with Crippen molar-refractivity contribution in [1.29, 1.82) is 0 Å². The number of carbonyl (C=O) groups is 1. The van der Waals surface area contributed by atoms with Crippen molar-refractivity contribution in [3.63, 3.8) is 0 Å². The Morgan fingerprint density at radius 1 is 1.29 bits per heavy atom. The molecule has 1 saturated carbocycles. The summed E-state index contributed by atoms with van der Waals surface area (Å²) in [5, 5.41) is 3.09. The van der Waals surface area contributed by atoms with Crippen LogP contribution in [0.1, 0.15) is 35.9 Å². The van der Waals surface area contributed by atoms with Gasteiger partial charge in [-0.25, -0.2) is 9.97 Å². The highest BCUT2D eigenvalue weighted by molar-refractivity contribution is 6.00. The molecule has 1 amide bonds. The summed E-state index contributed by atoms with van der Waals surface area (Å²) in [7, 11) is 0. The van der Waals surface area contributed by atoms with Crippen LogP contribution in [0.4, 0.5) is 0 Å². The largest absolute Gasteiger partial charge is 0.349 e. The fourth-order valence-corrected chi connectivity index (χ4v) is 2.92. The van der Waals surface area contributed by atoms with Gasteiger partial charge in [0.15, 0.2) is 11.5 Å². The van der Waals surface area contributed by atoms with Crippen LogP contribution in [0.25, 0.3) is 17.2 Å². The Kier molecular flexibility index (Phi) is 3.52. The Bertz CT molecular complexity index is 898. The van der Waals surface area contributed by atoms with Crippen LogP contribution < -0.4 is 5.32 Å². The van der Waals surface area contributed by atoms with E-state index < -0.39 is 0 Å². The summed E-state index contributed by atoms with van der Waals surface area (Å²) < 4.78 is 1.84. The molecule has 3 heterocycles. The number of amides is 1. The maximum Gasteiger partial charge on any atom is 0.255 e. The third kappa shape index (κ3) is 2.64. The van der Waals surface area contributed by atoms with Crippen molar-refractivity contribution >= 4 is 11.6 Å². The topological polar surface area (TPSA) is 72.2 Å². The summed E-state index contributed by atoms with van der Waals surface area (Å²) in [6.07, 6.45) is 5.94. The van der Waals surface area contributed by atoms with Crippen molar-refractivity contribution in [2.75, 3.05) is 0 Å². The van der Waals surface area contributed by atoms with Crippen LogP contribution in [-0.4, -0.2) is 31.3 Å². The molecule has 3 aromatic rings. The molecule has 24 heavy (non-hydrogen) atoms. The summed E-state index contributed by atoms with van der Waals surface area (Å²) in [5.41, 5.74) is 1.89. The standard InChI is InChI=1S/C18H19N5O/c1-11(13-6-7-13)20-18(24)14-8-10-23-12(2)21-16(22-17(14)23)15-5-3-4-9-19-15/h3-5,8-11,13H,6-7H2,1-2H3,(H,20,24). The van der Waals surface area contributed by atoms with E-state index >= 15 is 0 Å². The minimum Gasteiger partial charge on any atom is -0.349 e. The summed E-state index contributed by atoms with van der Waals surface area (Å²) in [4.78, 5) is 26.0. The van der Waals surface area contributed by atoms with Gasteiger partial charge in [0.1, 0.15) is 11.5 Å². The summed E-state index contributed by atoms with van der Waals surface area (Å²) in [6.45, 7) is 3.96. The molecule has 1 fully saturated rings. The molecule has 1 aliphatic carbocycles. The van der Waals surface area contributed by atoms with E-state index in [0.717, 1.165) is 5.82 Å². The lowest BCUT2D eigenvalue weighted by Gasteiger charge is -2.12. The van der Waals surface area contributed by atoms with Crippen LogP contribution in [0.15, 0.2) is 36.7 Å². The molecule has 0 radical (unpaired) electrons. The molecule has 0 saturated heterocycles. The number of aryl methyl sites for hydroxylation is 1. The van der Waals surface area contributed by atoms with Crippen molar-refractivity contribution in [1.82, 2.24) is 24.7 Å². The van der Waals surface area contributed by atoms with Gasteiger partial charge in [-0.3, -0.25) is 14.2 Å². The highest BCUT2D eigenvalue weighted by Crippen LogP contribution is 2.32. The van der Waals surface area contributed by atoms with E-state index in [2.05, 4.69) is 27.2 Å². The Balaban J connectivity index is 1.74. The predicted molar refractivity (Wildman–Crippen MR) is 90.6 cm³/mol. The zero-order chi connectivity index (χ0) is 16.7. The lowest BCUT2D eigenvalue weighted by molar-refractivity contribution is 0.0937. The van der Waals surface area contributed by atoms with Gasteiger partial charge in [0.05, 0.1) is 5.56 Å². The number of hydrogen-bond donors (Lipinski definition) is 1. The maximum absolute atomic E-state index is 12.6. The number of pyridine rings is 1. The van der Waals surface area contributed by atoms with Crippen LogP contribution in [0, 0.1) is 12.8 Å². The van der Waals surface area contributed by atoms with Gasteiger partial charge >= 0.3 is 0 Å². The highest BCUT2D eigenvalue weighted by Gasteiger charge is 2.29. The number of rotatable bonds is 4. The molecule has 0 bridgehead atoms. The molecule has 0 spiro atoms. The van der Waals surface area contributed by atoms with Crippen LogP contribution in [0.2, 0.25) is 0 Å². The molecule has 1 aliphatic rings. The number of fused-ring (bicyclic) bond motifs is 1. The van der Waals surface area contributed by atoms with Crippen molar-refractivity contribution in [3.8, 4) is 11.5 Å². The van der Waals surface area contributed by atoms with Gasteiger partial charge in [0.25, 0.3) is 5.91 Å². The summed E-state index contributed by atoms with van der Waals surface area (Å²) in [6, 6.07) is 7.61. The maximum atomic E-state index is 12.6. The quantitative estimate of drug-likeness (QED) is 0.802. The van der Waals surface area contributed by atoms with E-state index in [1.54, 1.807) is 12.3 Å². The second kappa shape index (κ2) is 5.70. The molecule has 6 nitrogen and oxygen atoms in total. The summed E-state index contributed by atoms with van der Waals surface area (Å²) >= 11 is 0. The van der Waals surface area contributed by atoms with E-state index in [1.165, 1.54) is 12.8 Å². The van der Waals surface area contributed by atoms with E-state index in [1.807, 2.05) is 35.7 Å². The van der Waals surface area contributed by atoms with Gasteiger partial charge in [-0.1, -0.05) is 6.07 Å². The number of hydrogen-bond acceptors (Lipinski definition) is 4. The average Bonchev–Trinajstić information content (AvgIpc) is 3.35. The van der Waals surface area contributed by atoms with Gasteiger partial charge < -0.3 is 5.32 Å². The van der Waals surface area contributed by atoms with Gasteiger partial charge in [-0.2, -0.15) is 0 Å². The molecule has 3 aromatic heterocycles. The second-order valence-corrected chi connectivity index (χ2v) is 6.33. The van der Waals surface area contributed by atoms with Crippen molar-refractivity contribution in [2.24, 2.45) is 5.92 Å². The molecule has 6 heteroatoms. The molecule has 0 aliphatic heterocycles. The van der Waals surface area contributed by atoms with Crippen molar-refractivity contribution < 1.29 is 4.79 Å². The predicted octanol–water partition coefficient (Wildman–Crippen LogP) is 2.63. The monoisotopic (exact) mass is 321 g/mol. The Morgan fingerprint density at radius 3 is 2.83 bits per heavy atom. The van der Waals surface area contributed by atoms with Crippen LogP contribution >= 0.6 is 0 Å². The normalized spacial score (nSPS) is 15.4. The first-order valence-electron chi connectivity index (χ1n) is 8.21. The number of aromatic nitrogens is 4. The van der Waals surface area contributed by atoms with Gasteiger partial charge in [0, 0.05) is 18.4 Å². The minimum atomic E-state index is -0.0815. The van der Waals surface area contributed by atoms with E-state index in [-0.39, 0.29) is 11.9 Å². The molecular formula is C18H19N5O. The first-order chi connectivity index (χ1) is 11.6. The van der Waals surface area contributed by atoms with Crippen molar-refractivity contribution in [2.45, 2.75) is 32.7 Å². The highest BCUT2D eigenvalue weighted by atomic mass is 16.1. The molecular weight excluding hydrogens is 302 g/mol. The number of nitrogens with zero attached hydrogens (tertiary/aromatic N) is 4. The third-order valence-corrected chi connectivity index (χ3v) is 4.51. The van der Waals surface area contributed by atoms with Crippen LogP contribution in [0.5, 0.6) is 0 Å². The third-order valence-electron chi connectivity index (χ3n) is 4.51. The van der Waals surface area contributed by atoms with Crippen LogP contribution in [-0.2, 0) is 0 Å². The van der Waals surface area contributed by atoms with E-state index in [0.29, 0.717) is 28.6 Å². The summed E-state index contributed by atoms with van der Waals surface area (Å²) in [5.74, 6) is 1.84. The Hall–Kier alpha value is -2.76. The van der Waals surface area contributed by atoms with E-state index in [4.69, 9.17) is 0 Å². The average molecular weight is 321 g/mol. The van der Waals surface area contributed by atoms with Crippen molar-refractivity contribution in [3.05, 3.63) is 48.0 Å². The smallest absolute Gasteiger partial charge is 0.255 e.